The lowest BCUT2D eigenvalue weighted by molar-refractivity contribution is -0.132. The van der Waals surface area contributed by atoms with Gasteiger partial charge in [0.15, 0.2) is 6.10 Å². The number of likely N-dealkylation sites (N-methyl/N-ethyl adjacent to an activating group) is 1. The summed E-state index contributed by atoms with van der Waals surface area (Å²) < 4.78 is 10.9. The normalized spacial score (nSPS) is 21.4. The Morgan fingerprint density at radius 1 is 1.50 bits per heavy atom. The highest BCUT2D eigenvalue weighted by molar-refractivity contribution is 5.82. The zero-order valence-corrected chi connectivity index (χ0v) is 12.0. The number of carbonyl (C=O) groups excluding carboxylic acids is 1. The van der Waals surface area contributed by atoms with E-state index in [1.165, 1.54) is 0 Å². The van der Waals surface area contributed by atoms with Crippen LogP contribution in [-0.2, 0) is 14.3 Å². The molecule has 110 valence electrons. The van der Waals surface area contributed by atoms with E-state index in [1.807, 2.05) is 30.3 Å². The minimum absolute atomic E-state index is 0.0472. The first-order chi connectivity index (χ1) is 9.70. The molecule has 0 aliphatic carbocycles. The van der Waals surface area contributed by atoms with Gasteiger partial charge >= 0.3 is 0 Å². The number of hydrogen-bond donors (Lipinski definition) is 1. The van der Waals surface area contributed by atoms with Crippen molar-refractivity contribution in [2.45, 2.75) is 12.2 Å². The van der Waals surface area contributed by atoms with Crippen molar-refractivity contribution in [3.05, 3.63) is 35.9 Å². The first-order valence-corrected chi connectivity index (χ1v) is 6.86. The maximum atomic E-state index is 12.2. The number of morpholine rings is 1. The van der Waals surface area contributed by atoms with Crippen LogP contribution >= 0.6 is 0 Å². The molecule has 2 unspecified atom stereocenters. The lowest BCUT2D eigenvalue weighted by Gasteiger charge is -2.30. The molecule has 2 atom stereocenters. The van der Waals surface area contributed by atoms with Crippen LogP contribution in [0.3, 0.4) is 0 Å². The number of nitrogens with zero attached hydrogens (tertiary/aromatic N) is 1. The Bertz CT molecular complexity index is 424. The summed E-state index contributed by atoms with van der Waals surface area (Å²) in [7, 11) is 3.60. The maximum Gasteiger partial charge on any atom is 0.253 e. The zero-order valence-electron chi connectivity index (χ0n) is 12.0. The van der Waals surface area contributed by atoms with Crippen molar-refractivity contribution in [3.63, 3.8) is 0 Å². The second-order valence-electron chi connectivity index (χ2n) is 5.03. The van der Waals surface area contributed by atoms with Crippen molar-refractivity contribution >= 4 is 5.91 Å². The quantitative estimate of drug-likeness (QED) is 0.866. The van der Waals surface area contributed by atoms with Gasteiger partial charge in [0.1, 0.15) is 0 Å². The average Bonchev–Trinajstić information content (AvgIpc) is 2.47. The van der Waals surface area contributed by atoms with Gasteiger partial charge in [-0.3, -0.25) is 4.79 Å². The van der Waals surface area contributed by atoms with Crippen LogP contribution in [0.2, 0.25) is 0 Å². The van der Waals surface area contributed by atoms with E-state index < -0.39 is 6.10 Å². The molecule has 5 heteroatoms. The Morgan fingerprint density at radius 3 is 2.90 bits per heavy atom. The van der Waals surface area contributed by atoms with Crippen LogP contribution in [0.25, 0.3) is 0 Å². The molecule has 1 heterocycles. The first kappa shape index (κ1) is 15.0. The molecular weight excluding hydrogens is 256 g/mol. The van der Waals surface area contributed by atoms with Crippen molar-refractivity contribution in [2.75, 3.05) is 40.4 Å². The molecule has 20 heavy (non-hydrogen) atoms. The third-order valence-electron chi connectivity index (χ3n) is 3.42. The predicted octanol–water partition coefficient (Wildman–Crippen LogP) is 0.821. The van der Waals surface area contributed by atoms with E-state index in [0.717, 1.165) is 18.7 Å². The molecule has 1 amide bonds. The van der Waals surface area contributed by atoms with Crippen LogP contribution in [0.5, 0.6) is 0 Å². The van der Waals surface area contributed by atoms with Crippen LogP contribution in [0.4, 0.5) is 0 Å². The second kappa shape index (κ2) is 7.38. The van der Waals surface area contributed by atoms with Gasteiger partial charge in [0.05, 0.1) is 12.7 Å². The fraction of sp³-hybridized carbons (Fsp3) is 0.533. The molecule has 0 saturated carbocycles. The van der Waals surface area contributed by atoms with E-state index >= 15 is 0 Å². The van der Waals surface area contributed by atoms with Crippen LogP contribution in [0.1, 0.15) is 11.7 Å². The Kier molecular flexibility index (Phi) is 5.52. The molecule has 1 aromatic rings. The van der Waals surface area contributed by atoms with Gasteiger partial charge in [0, 0.05) is 26.7 Å². The number of benzene rings is 1. The maximum absolute atomic E-state index is 12.2. The smallest absolute Gasteiger partial charge is 0.253 e. The number of hydrogen-bond acceptors (Lipinski definition) is 4. The molecule has 1 aliphatic rings. The zero-order chi connectivity index (χ0) is 14.4. The summed E-state index contributed by atoms with van der Waals surface area (Å²) in [6.45, 7) is 3.00. The van der Waals surface area contributed by atoms with E-state index in [-0.39, 0.29) is 12.0 Å². The van der Waals surface area contributed by atoms with Gasteiger partial charge in [-0.15, -0.1) is 0 Å². The number of carbonyl (C=O) groups is 1. The topological polar surface area (TPSA) is 50.8 Å². The Balaban J connectivity index is 1.87. The molecule has 1 N–H and O–H groups in total. The largest absolute Gasteiger partial charge is 0.374 e. The van der Waals surface area contributed by atoms with Gasteiger partial charge < -0.3 is 19.7 Å². The monoisotopic (exact) mass is 278 g/mol. The van der Waals surface area contributed by atoms with Crippen molar-refractivity contribution in [1.29, 1.82) is 0 Å². The third-order valence-corrected chi connectivity index (χ3v) is 3.42. The Morgan fingerprint density at radius 2 is 2.25 bits per heavy atom. The first-order valence-electron chi connectivity index (χ1n) is 6.86. The molecule has 2 rings (SSSR count). The Labute approximate surface area is 119 Å². The highest BCUT2D eigenvalue weighted by Crippen LogP contribution is 2.16. The molecular formula is C15H22N2O3. The molecule has 1 aromatic carbocycles. The molecule has 1 saturated heterocycles. The summed E-state index contributed by atoms with van der Waals surface area (Å²) in [5.74, 6) is -0.129. The summed E-state index contributed by atoms with van der Waals surface area (Å²) in [5, 5.41) is 2.91. The highest BCUT2D eigenvalue weighted by Gasteiger charge is 2.22. The highest BCUT2D eigenvalue weighted by atomic mass is 16.5. The van der Waals surface area contributed by atoms with Gasteiger partial charge in [0.2, 0.25) is 0 Å². The molecule has 0 radical (unpaired) electrons. The number of ether oxygens (including phenoxy) is 2. The van der Waals surface area contributed by atoms with Crippen molar-refractivity contribution in [2.24, 2.45) is 0 Å². The second-order valence-corrected chi connectivity index (χ2v) is 5.03. The van der Waals surface area contributed by atoms with Gasteiger partial charge in [-0.2, -0.15) is 0 Å². The van der Waals surface area contributed by atoms with E-state index in [0.29, 0.717) is 13.2 Å². The SMILES string of the molecule is COC(C(=O)NCC1CN(C)CCO1)c1ccccc1. The number of amides is 1. The van der Waals surface area contributed by atoms with Crippen LogP contribution < -0.4 is 5.32 Å². The van der Waals surface area contributed by atoms with Gasteiger partial charge in [-0.1, -0.05) is 30.3 Å². The van der Waals surface area contributed by atoms with Gasteiger partial charge in [-0.25, -0.2) is 0 Å². The average molecular weight is 278 g/mol. The van der Waals surface area contributed by atoms with Gasteiger partial charge in [-0.05, 0) is 12.6 Å². The molecule has 0 bridgehead atoms. The standard InChI is InChI=1S/C15H22N2O3/c1-17-8-9-20-13(11-17)10-16-15(18)14(19-2)12-6-4-3-5-7-12/h3-7,13-14H,8-11H2,1-2H3,(H,16,18). The molecule has 0 aromatic heterocycles. The molecule has 1 fully saturated rings. The van der Waals surface area contributed by atoms with E-state index in [2.05, 4.69) is 17.3 Å². The molecule has 0 spiro atoms. The van der Waals surface area contributed by atoms with E-state index in [4.69, 9.17) is 9.47 Å². The number of nitrogens with one attached hydrogen (secondary N) is 1. The summed E-state index contributed by atoms with van der Waals surface area (Å²) >= 11 is 0. The fourth-order valence-corrected chi connectivity index (χ4v) is 2.32. The van der Waals surface area contributed by atoms with E-state index in [1.54, 1.807) is 7.11 Å². The van der Waals surface area contributed by atoms with Crippen molar-refractivity contribution < 1.29 is 14.3 Å². The molecule has 5 nitrogen and oxygen atoms in total. The van der Waals surface area contributed by atoms with Crippen LogP contribution in [0.15, 0.2) is 30.3 Å². The molecule has 1 aliphatic heterocycles. The summed E-state index contributed by atoms with van der Waals surface area (Å²) in [4.78, 5) is 14.4. The van der Waals surface area contributed by atoms with E-state index in [9.17, 15) is 4.79 Å². The minimum Gasteiger partial charge on any atom is -0.374 e. The third kappa shape index (κ3) is 4.03. The predicted molar refractivity (Wildman–Crippen MR) is 76.4 cm³/mol. The number of methoxy groups -OCH3 is 1. The lowest BCUT2D eigenvalue weighted by Crippen LogP contribution is -2.46. The van der Waals surface area contributed by atoms with Crippen LogP contribution in [0, 0.1) is 0 Å². The van der Waals surface area contributed by atoms with Gasteiger partial charge in [0.25, 0.3) is 5.91 Å². The minimum atomic E-state index is -0.572. The fourth-order valence-electron chi connectivity index (χ4n) is 2.32. The summed E-state index contributed by atoms with van der Waals surface area (Å²) in [5.41, 5.74) is 0.856. The Hall–Kier alpha value is -1.43. The summed E-state index contributed by atoms with van der Waals surface area (Å²) in [6.07, 6.45) is -0.525. The van der Waals surface area contributed by atoms with Crippen molar-refractivity contribution in [1.82, 2.24) is 10.2 Å². The summed E-state index contributed by atoms with van der Waals surface area (Å²) in [6, 6.07) is 9.48. The van der Waals surface area contributed by atoms with Crippen LogP contribution in [-0.4, -0.2) is 57.3 Å². The number of rotatable bonds is 5. The lowest BCUT2D eigenvalue weighted by atomic mass is 10.1. The van der Waals surface area contributed by atoms with Crippen molar-refractivity contribution in [3.8, 4) is 0 Å².